The lowest BCUT2D eigenvalue weighted by atomic mass is 9.33. The van der Waals surface area contributed by atoms with Gasteiger partial charge < -0.3 is 4.74 Å². The van der Waals surface area contributed by atoms with Crippen molar-refractivity contribution in [3.63, 3.8) is 0 Å². The summed E-state index contributed by atoms with van der Waals surface area (Å²) in [6.45, 7) is 19.2. The van der Waals surface area contributed by atoms with Crippen LogP contribution < -0.4 is 11.2 Å². The van der Waals surface area contributed by atoms with E-state index in [4.69, 9.17) is 4.74 Å². The molecule has 0 radical (unpaired) electrons. The van der Waals surface area contributed by atoms with Crippen LogP contribution in [0.1, 0.15) is 163 Å². The van der Waals surface area contributed by atoms with E-state index in [0.29, 0.717) is 18.3 Å². The first kappa shape index (κ1) is 36.4. The van der Waals surface area contributed by atoms with Crippen molar-refractivity contribution in [2.75, 3.05) is 0 Å². The van der Waals surface area contributed by atoms with E-state index < -0.39 is 16.7 Å². The van der Waals surface area contributed by atoms with E-state index in [-0.39, 0.29) is 51.0 Å². The van der Waals surface area contributed by atoms with Crippen LogP contribution in [-0.4, -0.2) is 27.5 Å². The van der Waals surface area contributed by atoms with Gasteiger partial charge >= 0.3 is 11.7 Å². The number of carbonyl (C=O) groups excluding carboxylic acids is 2. The molecule has 5 aliphatic rings. The van der Waals surface area contributed by atoms with Crippen LogP contribution in [-0.2, 0) is 9.53 Å². The van der Waals surface area contributed by atoms with Crippen molar-refractivity contribution < 1.29 is 14.3 Å². The highest BCUT2D eigenvalue weighted by molar-refractivity contribution is 5.86. The molecule has 1 aromatic rings. The van der Waals surface area contributed by atoms with Crippen LogP contribution in [0.4, 0.5) is 0 Å². The zero-order valence-corrected chi connectivity index (χ0v) is 31.8. The Balaban J connectivity index is 1.29. The van der Waals surface area contributed by atoms with Crippen LogP contribution in [0.2, 0.25) is 0 Å². The Bertz CT molecular complexity index is 1600. The molecule has 5 aliphatic carbocycles. The minimum atomic E-state index is -0.646. The lowest BCUT2D eigenvalue weighted by Crippen LogP contribution is -2.65. The SMILES string of the molecule is CCCCCCCC(=O)O[C@H]1CC[C@@]2(C)C(CC[C@]3(C)C2CC=C2[C@@H]4CC(C)(C)CC[C@]4(C(=O)n4ccc(=O)[nH]c4=O)CC[C@]23C)C1(C)C. The van der Waals surface area contributed by atoms with Gasteiger partial charge in [0.05, 0.1) is 5.41 Å². The molecule has 4 saturated carbocycles. The molecule has 1 heterocycles. The Morgan fingerprint density at radius 3 is 2.31 bits per heavy atom. The fraction of sp³-hybridized carbons (Fsp3) is 0.810. The minimum absolute atomic E-state index is 0.0173. The summed E-state index contributed by atoms with van der Waals surface area (Å²) in [6, 6.07) is 1.29. The lowest BCUT2D eigenvalue weighted by molar-refractivity contribution is -0.212. The zero-order valence-electron chi connectivity index (χ0n) is 31.8. The molecule has 1 aromatic heterocycles. The van der Waals surface area contributed by atoms with Gasteiger partial charge in [0.15, 0.2) is 0 Å². The maximum absolute atomic E-state index is 14.5. The number of aromatic nitrogens is 2. The van der Waals surface area contributed by atoms with Gasteiger partial charge in [-0.25, -0.2) is 9.36 Å². The van der Waals surface area contributed by atoms with E-state index in [0.717, 1.165) is 77.0 Å². The lowest BCUT2D eigenvalue weighted by Gasteiger charge is -2.71. The van der Waals surface area contributed by atoms with Crippen LogP contribution >= 0.6 is 0 Å². The Morgan fingerprint density at radius 1 is 0.878 bits per heavy atom. The first-order valence-corrected chi connectivity index (χ1v) is 19.7. The minimum Gasteiger partial charge on any atom is -0.462 e. The first-order chi connectivity index (χ1) is 22.9. The van der Waals surface area contributed by atoms with E-state index in [9.17, 15) is 19.2 Å². The van der Waals surface area contributed by atoms with Gasteiger partial charge in [-0.3, -0.25) is 19.4 Å². The highest BCUT2D eigenvalue weighted by Gasteiger charge is 2.69. The monoisotopic (exact) mass is 676 g/mol. The normalized spacial score (nSPS) is 39.0. The smallest absolute Gasteiger partial charge is 0.335 e. The number of fused-ring (bicyclic) bond motifs is 7. The maximum Gasteiger partial charge on any atom is 0.335 e. The quantitative estimate of drug-likeness (QED) is 0.168. The highest BCUT2D eigenvalue weighted by Crippen LogP contribution is 2.76. The zero-order chi connectivity index (χ0) is 35.6. The first-order valence-electron chi connectivity index (χ1n) is 19.7. The number of carbonyl (C=O) groups is 2. The third-order valence-electron chi connectivity index (χ3n) is 15.8. The van der Waals surface area contributed by atoms with Gasteiger partial charge in [-0.1, -0.05) is 92.7 Å². The summed E-state index contributed by atoms with van der Waals surface area (Å²) >= 11 is 0. The molecular weight excluding hydrogens is 612 g/mol. The third kappa shape index (κ3) is 5.76. The van der Waals surface area contributed by atoms with Crippen LogP contribution in [0.5, 0.6) is 0 Å². The van der Waals surface area contributed by atoms with Crippen LogP contribution in [0.15, 0.2) is 33.5 Å². The van der Waals surface area contributed by atoms with Gasteiger partial charge in [0.25, 0.3) is 5.56 Å². The molecule has 0 spiro atoms. The van der Waals surface area contributed by atoms with Crippen molar-refractivity contribution >= 4 is 11.9 Å². The fourth-order valence-electron chi connectivity index (χ4n) is 12.7. The molecule has 272 valence electrons. The van der Waals surface area contributed by atoms with E-state index in [1.54, 1.807) is 0 Å². The summed E-state index contributed by atoms with van der Waals surface area (Å²) in [6.07, 6.45) is 19.7. The second-order valence-corrected chi connectivity index (χ2v) is 19.2. The van der Waals surface area contributed by atoms with Crippen molar-refractivity contribution in [1.29, 1.82) is 0 Å². The predicted molar refractivity (Wildman–Crippen MR) is 194 cm³/mol. The van der Waals surface area contributed by atoms with Gasteiger partial charge in [-0.2, -0.15) is 0 Å². The van der Waals surface area contributed by atoms with Crippen molar-refractivity contribution in [1.82, 2.24) is 9.55 Å². The summed E-state index contributed by atoms with van der Waals surface area (Å²) in [7, 11) is 0. The molecular formula is C42H64N2O5. The third-order valence-corrected chi connectivity index (χ3v) is 15.8. The Hall–Kier alpha value is -2.44. The average Bonchev–Trinajstić information content (AvgIpc) is 3.02. The standard InChI is InChI=1S/C42H64N2O5/c1-9-10-11-12-13-14-34(46)49-32-18-20-39(6)30(38(32,4)5)17-21-41(8)31(39)16-15-28-29-27-37(2,3)22-24-42(29,25-23-40(28,41)7)35(47)44-26-19-33(45)43-36(44)48/h15,19,26,29-32H,9-14,16-18,20-25,27H2,1-8H3,(H,43,45,48)/t29-,30?,31?,32-,39-,40+,41+,42-/m0/s1. The summed E-state index contributed by atoms with van der Waals surface area (Å²) in [5.41, 5.74) is -0.135. The molecule has 0 amide bonds. The summed E-state index contributed by atoms with van der Waals surface area (Å²) in [4.78, 5) is 54.7. The number of esters is 1. The van der Waals surface area contributed by atoms with E-state index in [2.05, 4.69) is 66.4 Å². The molecule has 1 N–H and O–H groups in total. The van der Waals surface area contributed by atoms with Crippen LogP contribution in [0, 0.1) is 50.2 Å². The topological polar surface area (TPSA) is 98.2 Å². The number of hydrogen-bond donors (Lipinski definition) is 1. The Kier molecular flexibility index (Phi) is 9.39. The maximum atomic E-state index is 14.5. The fourth-order valence-corrected chi connectivity index (χ4v) is 12.7. The summed E-state index contributed by atoms with van der Waals surface area (Å²) in [5, 5.41) is 0. The molecule has 8 atom stereocenters. The molecule has 0 aromatic carbocycles. The molecule has 0 bridgehead atoms. The molecule has 4 fully saturated rings. The number of nitrogens with zero attached hydrogens (tertiary/aromatic N) is 1. The van der Waals surface area contributed by atoms with Gasteiger partial charge in [0, 0.05) is 24.1 Å². The number of allylic oxidation sites excluding steroid dienone is 2. The molecule has 0 saturated heterocycles. The second-order valence-electron chi connectivity index (χ2n) is 19.2. The number of rotatable bonds is 8. The summed E-state index contributed by atoms with van der Waals surface area (Å²) in [5.74, 6) is 0.881. The van der Waals surface area contributed by atoms with Crippen molar-refractivity contribution in [2.24, 2.45) is 50.2 Å². The van der Waals surface area contributed by atoms with Crippen molar-refractivity contribution in [3.8, 4) is 0 Å². The van der Waals surface area contributed by atoms with Gasteiger partial charge in [0.2, 0.25) is 5.91 Å². The number of ether oxygens (including phenoxy) is 1. The van der Waals surface area contributed by atoms with Gasteiger partial charge in [-0.15, -0.1) is 0 Å². The van der Waals surface area contributed by atoms with Crippen molar-refractivity contribution in [2.45, 2.75) is 164 Å². The predicted octanol–water partition coefficient (Wildman–Crippen LogP) is 9.25. The largest absolute Gasteiger partial charge is 0.462 e. The molecule has 6 rings (SSSR count). The second kappa shape index (κ2) is 12.7. The number of hydrogen-bond acceptors (Lipinski definition) is 5. The average molecular weight is 677 g/mol. The molecule has 2 unspecified atom stereocenters. The molecule has 0 aliphatic heterocycles. The van der Waals surface area contributed by atoms with E-state index in [1.165, 1.54) is 41.7 Å². The molecule has 7 heteroatoms. The van der Waals surface area contributed by atoms with E-state index in [1.807, 2.05) is 0 Å². The van der Waals surface area contributed by atoms with Crippen LogP contribution in [0.3, 0.4) is 0 Å². The molecule has 7 nitrogen and oxygen atoms in total. The number of nitrogens with one attached hydrogen (secondary N) is 1. The van der Waals surface area contributed by atoms with Crippen LogP contribution in [0.25, 0.3) is 0 Å². The van der Waals surface area contributed by atoms with Gasteiger partial charge in [0.1, 0.15) is 6.10 Å². The summed E-state index contributed by atoms with van der Waals surface area (Å²) < 4.78 is 7.50. The number of H-pyrrole nitrogens is 1. The number of aromatic amines is 1. The highest BCUT2D eigenvalue weighted by atomic mass is 16.5. The van der Waals surface area contributed by atoms with Crippen molar-refractivity contribution in [3.05, 3.63) is 44.8 Å². The number of unbranched alkanes of at least 4 members (excludes halogenated alkanes) is 4. The van der Waals surface area contributed by atoms with E-state index >= 15 is 0 Å². The molecule has 49 heavy (non-hydrogen) atoms. The van der Waals surface area contributed by atoms with Gasteiger partial charge in [-0.05, 0) is 110 Å². The Labute approximate surface area is 294 Å². The Morgan fingerprint density at radius 2 is 1.59 bits per heavy atom.